The Hall–Kier alpha value is -2.76. The Balaban J connectivity index is 1.91. The van der Waals surface area contributed by atoms with Gasteiger partial charge in [0.2, 0.25) is 0 Å². The van der Waals surface area contributed by atoms with E-state index < -0.39 is 5.97 Å². The molecule has 0 aliphatic rings. The van der Waals surface area contributed by atoms with E-state index in [0.717, 1.165) is 4.85 Å². The number of pyridine rings is 1. The van der Waals surface area contributed by atoms with E-state index >= 15 is 0 Å². The predicted octanol–water partition coefficient (Wildman–Crippen LogP) is 1.10. The Kier molecular flexibility index (Phi) is 2.45. The highest BCUT2D eigenvalue weighted by atomic mass is 16.7. The van der Waals surface area contributed by atoms with Gasteiger partial charge in [-0.25, -0.2) is 4.79 Å². The lowest BCUT2D eigenvalue weighted by Crippen LogP contribution is -2.20. The first-order chi connectivity index (χ1) is 8.84. The molecule has 0 amide bonds. The minimum absolute atomic E-state index is 0.449. The first kappa shape index (κ1) is 10.4. The number of nitrogens with zero attached hydrogens (tertiary/aromatic N) is 4. The van der Waals surface area contributed by atoms with Crippen molar-refractivity contribution in [2.75, 3.05) is 0 Å². The van der Waals surface area contributed by atoms with Crippen LogP contribution >= 0.6 is 0 Å². The second-order valence-electron chi connectivity index (χ2n) is 3.57. The van der Waals surface area contributed by atoms with Gasteiger partial charge < -0.3 is 4.84 Å². The summed E-state index contributed by atoms with van der Waals surface area (Å²) in [6, 6.07) is 10.4. The van der Waals surface area contributed by atoms with E-state index in [4.69, 9.17) is 4.84 Å². The minimum Gasteiger partial charge on any atom is -0.312 e. The Morgan fingerprint density at radius 1 is 1.17 bits per heavy atom. The van der Waals surface area contributed by atoms with Gasteiger partial charge in [0.1, 0.15) is 11.0 Å². The lowest BCUT2D eigenvalue weighted by Gasteiger charge is -2.02. The molecular formula is C12H8N4O2. The van der Waals surface area contributed by atoms with E-state index in [1.165, 1.54) is 6.20 Å². The fraction of sp³-hybridized carbons (Fsp3) is 0. The van der Waals surface area contributed by atoms with E-state index in [2.05, 4.69) is 15.3 Å². The van der Waals surface area contributed by atoms with Gasteiger partial charge >= 0.3 is 5.97 Å². The third kappa shape index (κ3) is 1.80. The van der Waals surface area contributed by atoms with Gasteiger partial charge in [0.25, 0.3) is 0 Å². The van der Waals surface area contributed by atoms with Crippen molar-refractivity contribution in [3.63, 3.8) is 0 Å². The molecule has 3 aromatic rings. The van der Waals surface area contributed by atoms with Crippen molar-refractivity contribution in [2.24, 2.45) is 0 Å². The molecule has 3 rings (SSSR count). The lowest BCUT2D eigenvalue weighted by atomic mass is 10.2. The van der Waals surface area contributed by atoms with E-state index in [-0.39, 0.29) is 0 Å². The molecule has 0 fully saturated rings. The summed E-state index contributed by atoms with van der Waals surface area (Å²) in [5.74, 6) is -0.494. The van der Waals surface area contributed by atoms with Crippen LogP contribution in [0.15, 0.2) is 48.8 Å². The van der Waals surface area contributed by atoms with Crippen molar-refractivity contribution in [1.82, 2.24) is 20.1 Å². The third-order valence-electron chi connectivity index (χ3n) is 2.40. The second-order valence-corrected chi connectivity index (χ2v) is 3.57. The summed E-state index contributed by atoms with van der Waals surface area (Å²) >= 11 is 0. The van der Waals surface area contributed by atoms with E-state index in [1.807, 2.05) is 6.07 Å². The largest absolute Gasteiger partial charge is 0.365 e. The molecule has 0 bridgehead atoms. The molecule has 6 heteroatoms. The maximum absolute atomic E-state index is 11.8. The summed E-state index contributed by atoms with van der Waals surface area (Å²) in [6.45, 7) is 0. The Bertz CT molecular complexity index is 693. The average Bonchev–Trinajstić information content (AvgIpc) is 2.83. The molecule has 1 aromatic carbocycles. The van der Waals surface area contributed by atoms with Gasteiger partial charge in [-0.15, -0.1) is 5.10 Å². The molecule has 0 aliphatic heterocycles. The molecule has 2 aromatic heterocycles. The van der Waals surface area contributed by atoms with Crippen LogP contribution in [0.3, 0.4) is 0 Å². The zero-order chi connectivity index (χ0) is 12.4. The van der Waals surface area contributed by atoms with Crippen LogP contribution in [-0.2, 0) is 0 Å². The van der Waals surface area contributed by atoms with Gasteiger partial charge in [-0.05, 0) is 23.4 Å². The second kappa shape index (κ2) is 4.25. The van der Waals surface area contributed by atoms with Crippen molar-refractivity contribution in [1.29, 1.82) is 0 Å². The molecule has 0 N–H and O–H groups in total. The molecule has 18 heavy (non-hydrogen) atoms. The van der Waals surface area contributed by atoms with Crippen molar-refractivity contribution < 1.29 is 9.63 Å². The monoisotopic (exact) mass is 240 g/mol. The standard InChI is InChI=1S/C12H8N4O2/c17-12(9-4-2-1-3-5-9)18-16-11-8-13-7-6-10(11)14-15-16/h1-8H. The molecule has 0 saturated heterocycles. The van der Waals surface area contributed by atoms with Crippen molar-refractivity contribution in [3.8, 4) is 0 Å². The smallest absolute Gasteiger partial charge is 0.312 e. The zero-order valence-corrected chi connectivity index (χ0v) is 9.22. The number of carbonyl (C=O) groups excluding carboxylic acids is 1. The summed E-state index contributed by atoms with van der Waals surface area (Å²) < 4.78 is 0. The van der Waals surface area contributed by atoms with Crippen LogP contribution in [0.25, 0.3) is 11.0 Å². The summed E-state index contributed by atoms with van der Waals surface area (Å²) in [5, 5.41) is 7.61. The Morgan fingerprint density at radius 3 is 2.83 bits per heavy atom. The highest BCUT2D eigenvalue weighted by molar-refractivity contribution is 5.89. The van der Waals surface area contributed by atoms with Crippen LogP contribution in [0.2, 0.25) is 0 Å². The quantitative estimate of drug-likeness (QED) is 0.627. The molecule has 0 radical (unpaired) electrons. The average molecular weight is 240 g/mol. The molecule has 0 unspecified atom stereocenters. The number of carbonyl (C=O) groups is 1. The van der Waals surface area contributed by atoms with Gasteiger partial charge in [0.05, 0.1) is 11.8 Å². The number of hydrogen-bond acceptors (Lipinski definition) is 5. The highest BCUT2D eigenvalue weighted by Gasteiger charge is 2.11. The third-order valence-corrected chi connectivity index (χ3v) is 2.40. The number of fused-ring (bicyclic) bond motifs is 1. The van der Waals surface area contributed by atoms with E-state index in [9.17, 15) is 4.79 Å². The lowest BCUT2D eigenvalue weighted by molar-refractivity contribution is 0.0408. The fourth-order valence-corrected chi connectivity index (χ4v) is 1.52. The topological polar surface area (TPSA) is 69.9 Å². The predicted molar refractivity (Wildman–Crippen MR) is 62.7 cm³/mol. The van der Waals surface area contributed by atoms with E-state index in [0.29, 0.717) is 16.6 Å². The maximum Gasteiger partial charge on any atom is 0.365 e. The molecule has 6 nitrogen and oxygen atoms in total. The van der Waals surface area contributed by atoms with Crippen LogP contribution in [0.5, 0.6) is 0 Å². The molecule has 2 heterocycles. The maximum atomic E-state index is 11.8. The van der Waals surface area contributed by atoms with Gasteiger partial charge in [0.15, 0.2) is 0 Å². The van der Waals surface area contributed by atoms with Crippen molar-refractivity contribution in [3.05, 3.63) is 54.4 Å². The number of hydrogen-bond donors (Lipinski definition) is 0. The van der Waals surface area contributed by atoms with Gasteiger partial charge in [-0.1, -0.05) is 23.0 Å². The molecule has 0 atom stereocenters. The molecular weight excluding hydrogens is 232 g/mol. The van der Waals surface area contributed by atoms with Crippen LogP contribution in [0.1, 0.15) is 10.4 Å². The minimum atomic E-state index is -0.494. The summed E-state index contributed by atoms with van der Waals surface area (Å²) in [7, 11) is 0. The normalized spacial score (nSPS) is 10.4. The van der Waals surface area contributed by atoms with Crippen LogP contribution in [0, 0.1) is 0 Å². The zero-order valence-electron chi connectivity index (χ0n) is 9.22. The van der Waals surface area contributed by atoms with E-state index in [1.54, 1.807) is 36.5 Å². The van der Waals surface area contributed by atoms with Crippen LogP contribution in [0.4, 0.5) is 0 Å². The first-order valence-corrected chi connectivity index (χ1v) is 5.28. The van der Waals surface area contributed by atoms with Crippen LogP contribution < -0.4 is 4.84 Å². The van der Waals surface area contributed by atoms with Crippen molar-refractivity contribution in [2.45, 2.75) is 0 Å². The summed E-state index contributed by atoms with van der Waals surface area (Å²) in [6.07, 6.45) is 3.13. The fourth-order valence-electron chi connectivity index (χ4n) is 1.52. The number of aromatic nitrogens is 4. The SMILES string of the molecule is O=C(On1nnc2ccncc21)c1ccccc1. The first-order valence-electron chi connectivity index (χ1n) is 5.28. The molecule has 0 spiro atoms. The Labute approximate surface area is 102 Å². The molecule has 0 saturated carbocycles. The Morgan fingerprint density at radius 2 is 2.00 bits per heavy atom. The van der Waals surface area contributed by atoms with Gasteiger partial charge in [0, 0.05) is 6.20 Å². The number of benzene rings is 1. The van der Waals surface area contributed by atoms with Gasteiger partial charge in [-0.2, -0.15) is 0 Å². The van der Waals surface area contributed by atoms with Crippen molar-refractivity contribution >= 4 is 17.0 Å². The summed E-state index contributed by atoms with van der Waals surface area (Å²) in [4.78, 5) is 21.9. The number of rotatable bonds is 2. The molecule has 88 valence electrons. The van der Waals surface area contributed by atoms with Gasteiger partial charge in [-0.3, -0.25) is 4.98 Å². The molecule has 0 aliphatic carbocycles. The summed E-state index contributed by atoms with van der Waals surface area (Å²) in [5.41, 5.74) is 1.61. The highest BCUT2D eigenvalue weighted by Crippen LogP contribution is 2.07. The van der Waals surface area contributed by atoms with Crippen LogP contribution in [-0.4, -0.2) is 26.1 Å².